The minimum Gasteiger partial charge on any atom is -0.406 e. The zero-order chi connectivity index (χ0) is 13.8. The van der Waals surface area contributed by atoms with Crippen molar-refractivity contribution in [1.82, 2.24) is 15.5 Å². The maximum atomic E-state index is 10.9. The first kappa shape index (κ1) is 13.0. The van der Waals surface area contributed by atoms with Gasteiger partial charge in [-0.2, -0.15) is 0 Å². The van der Waals surface area contributed by atoms with Crippen molar-refractivity contribution in [2.45, 2.75) is 13.0 Å². The third-order valence-corrected chi connectivity index (χ3v) is 2.66. The van der Waals surface area contributed by atoms with Gasteiger partial charge in [-0.3, -0.25) is 4.79 Å². The number of aromatic nitrogens is 2. The fourth-order valence-electron chi connectivity index (χ4n) is 1.42. The van der Waals surface area contributed by atoms with Gasteiger partial charge in [0.05, 0.1) is 6.04 Å². The summed E-state index contributed by atoms with van der Waals surface area (Å²) in [5, 5.41) is 13.7. The van der Waals surface area contributed by atoms with Gasteiger partial charge in [-0.25, -0.2) is 0 Å². The number of primary amides is 1. The van der Waals surface area contributed by atoms with E-state index >= 15 is 0 Å². The fraction of sp³-hybridized carbons (Fsp3) is 0.250. The van der Waals surface area contributed by atoms with Crippen LogP contribution in [0.15, 0.2) is 28.7 Å². The van der Waals surface area contributed by atoms with Gasteiger partial charge in [-0.05, 0) is 38.2 Å². The Morgan fingerprint density at radius 3 is 2.58 bits per heavy atom. The predicted molar refractivity (Wildman–Crippen MR) is 70.0 cm³/mol. The van der Waals surface area contributed by atoms with Gasteiger partial charge in [0.1, 0.15) is 0 Å². The Morgan fingerprint density at radius 1 is 1.32 bits per heavy atom. The van der Waals surface area contributed by atoms with Crippen molar-refractivity contribution in [3.8, 4) is 0 Å². The Morgan fingerprint density at radius 2 is 2.00 bits per heavy atom. The van der Waals surface area contributed by atoms with Crippen molar-refractivity contribution >= 4 is 17.6 Å². The fourth-order valence-corrected chi connectivity index (χ4v) is 1.42. The minimum absolute atomic E-state index is 0.0136. The smallest absolute Gasteiger partial charge is 0.320 e. The van der Waals surface area contributed by atoms with E-state index in [0.29, 0.717) is 17.5 Å². The summed E-state index contributed by atoms with van der Waals surface area (Å²) in [5.74, 6) is 0.0354. The molecule has 0 aliphatic carbocycles. The number of hydrogen-bond acceptors (Lipinski definition) is 6. The van der Waals surface area contributed by atoms with Crippen molar-refractivity contribution in [2.75, 3.05) is 12.4 Å². The van der Waals surface area contributed by atoms with Gasteiger partial charge in [0.15, 0.2) is 0 Å². The van der Waals surface area contributed by atoms with Crippen molar-refractivity contribution in [3.63, 3.8) is 0 Å². The van der Waals surface area contributed by atoms with E-state index in [0.717, 1.165) is 5.69 Å². The predicted octanol–water partition coefficient (Wildman–Crippen LogP) is 1.19. The molecule has 1 atom stereocenters. The first-order chi connectivity index (χ1) is 9.10. The van der Waals surface area contributed by atoms with Crippen LogP contribution in [0.2, 0.25) is 0 Å². The lowest BCUT2D eigenvalue weighted by atomic mass is 10.2. The van der Waals surface area contributed by atoms with E-state index in [1.807, 2.05) is 14.0 Å². The molecule has 1 aromatic carbocycles. The maximum Gasteiger partial charge on any atom is 0.320 e. The van der Waals surface area contributed by atoms with Crippen LogP contribution in [0, 0.1) is 0 Å². The van der Waals surface area contributed by atoms with Crippen LogP contribution >= 0.6 is 0 Å². The summed E-state index contributed by atoms with van der Waals surface area (Å²) < 4.78 is 5.43. The first-order valence-corrected chi connectivity index (χ1v) is 5.77. The summed E-state index contributed by atoms with van der Waals surface area (Å²) >= 11 is 0. The second-order valence-corrected chi connectivity index (χ2v) is 4.02. The highest BCUT2D eigenvalue weighted by atomic mass is 16.4. The van der Waals surface area contributed by atoms with E-state index in [2.05, 4.69) is 20.8 Å². The number of anilines is 2. The highest BCUT2D eigenvalue weighted by Gasteiger charge is 2.11. The molecule has 0 saturated heterocycles. The van der Waals surface area contributed by atoms with Crippen LogP contribution in [0.1, 0.15) is 29.2 Å². The molecule has 1 heterocycles. The van der Waals surface area contributed by atoms with Crippen molar-refractivity contribution in [2.24, 2.45) is 5.73 Å². The number of carbonyl (C=O) groups excluding carboxylic acids is 1. The average molecular weight is 261 g/mol. The van der Waals surface area contributed by atoms with Crippen LogP contribution < -0.4 is 16.4 Å². The summed E-state index contributed by atoms with van der Waals surface area (Å²) in [7, 11) is 1.81. The van der Waals surface area contributed by atoms with Crippen molar-refractivity contribution < 1.29 is 9.21 Å². The number of nitrogens with one attached hydrogen (secondary N) is 2. The zero-order valence-corrected chi connectivity index (χ0v) is 10.7. The SMILES string of the molecule is CNC(C)c1nnc(Nc2ccc(C(N)=O)cc2)o1. The van der Waals surface area contributed by atoms with Gasteiger partial charge in [0.25, 0.3) is 0 Å². The zero-order valence-electron chi connectivity index (χ0n) is 10.7. The second kappa shape index (κ2) is 5.49. The Labute approximate surface area is 110 Å². The third kappa shape index (κ3) is 3.08. The standard InChI is InChI=1S/C12H15N5O2/c1-7(14-2)11-16-17-12(19-11)15-9-5-3-8(4-6-9)10(13)18/h3-7,14H,1-2H3,(H2,13,18)(H,15,17). The third-order valence-electron chi connectivity index (χ3n) is 2.66. The van der Waals surface area contributed by atoms with Gasteiger partial charge >= 0.3 is 6.01 Å². The lowest BCUT2D eigenvalue weighted by Gasteiger charge is -2.03. The molecule has 1 unspecified atom stereocenters. The molecule has 7 heteroatoms. The molecule has 0 spiro atoms. The van der Waals surface area contributed by atoms with E-state index in [1.54, 1.807) is 24.3 Å². The molecule has 0 fully saturated rings. The highest BCUT2D eigenvalue weighted by molar-refractivity contribution is 5.93. The van der Waals surface area contributed by atoms with E-state index in [4.69, 9.17) is 10.2 Å². The summed E-state index contributed by atoms with van der Waals surface area (Å²) in [4.78, 5) is 10.9. The number of nitrogens with zero attached hydrogens (tertiary/aromatic N) is 2. The molecule has 0 aliphatic rings. The second-order valence-electron chi connectivity index (χ2n) is 4.02. The van der Waals surface area contributed by atoms with Crippen LogP contribution in [0.4, 0.5) is 11.7 Å². The summed E-state index contributed by atoms with van der Waals surface area (Å²) in [6.07, 6.45) is 0. The Bertz CT molecular complexity index is 564. The van der Waals surface area contributed by atoms with E-state index in [9.17, 15) is 4.79 Å². The summed E-state index contributed by atoms with van der Waals surface area (Å²) in [6.45, 7) is 1.92. The van der Waals surface area contributed by atoms with Crippen LogP contribution in [-0.4, -0.2) is 23.2 Å². The van der Waals surface area contributed by atoms with Crippen LogP contribution in [0.5, 0.6) is 0 Å². The number of benzene rings is 1. The topological polar surface area (TPSA) is 106 Å². The number of carbonyl (C=O) groups is 1. The average Bonchev–Trinajstić information content (AvgIpc) is 2.87. The molecular weight excluding hydrogens is 246 g/mol. The Kier molecular flexibility index (Phi) is 3.76. The number of hydrogen-bond donors (Lipinski definition) is 3. The molecule has 4 N–H and O–H groups in total. The molecule has 19 heavy (non-hydrogen) atoms. The lowest BCUT2D eigenvalue weighted by molar-refractivity contribution is 0.100. The quantitative estimate of drug-likeness (QED) is 0.746. The van der Waals surface area contributed by atoms with Gasteiger partial charge in [-0.1, -0.05) is 5.10 Å². The van der Waals surface area contributed by atoms with Crippen LogP contribution in [-0.2, 0) is 0 Å². The van der Waals surface area contributed by atoms with Gasteiger partial charge in [-0.15, -0.1) is 5.10 Å². The Hall–Kier alpha value is -2.41. The minimum atomic E-state index is -0.463. The molecule has 0 aliphatic heterocycles. The molecule has 0 saturated carbocycles. The molecule has 2 rings (SSSR count). The molecule has 1 amide bonds. The van der Waals surface area contributed by atoms with Crippen LogP contribution in [0.25, 0.3) is 0 Å². The molecule has 7 nitrogen and oxygen atoms in total. The van der Waals surface area contributed by atoms with Crippen molar-refractivity contribution in [1.29, 1.82) is 0 Å². The lowest BCUT2D eigenvalue weighted by Crippen LogP contribution is -2.12. The molecule has 0 radical (unpaired) electrons. The first-order valence-electron chi connectivity index (χ1n) is 5.77. The highest BCUT2D eigenvalue weighted by Crippen LogP contribution is 2.18. The van der Waals surface area contributed by atoms with E-state index < -0.39 is 5.91 Å². The molecular formula is C12H15N5O2. The number of nitrogens with two attached hydrogens (primary N) is 1. The maximum absolute atomic E-state index is 10.9. The number of rotatable bonds is 5. The molecule has 2 aromatic rings. The largest absolute Gasteiger partial charge is 0.406 e. The van der Waals surface area contributed by atoms with E-state index in [-0.39, 0.29) is 6.04 Å². The van der Waals surface area contributed by atoms with E-state index in [1.165, 1.54) is 0 Å². The van der Waals surface area contributed by atoms with Gasteiger partial charge < -0.3 is 20.8 Å². The summed E-state index contributed by atoms with van der Waals surface area (Å²) in [6, 6.07) is 6.96. The van der Waals surface area contributed by atoms with Crippen LogP contribution in [0.3, 0.4) is 0 Å². The monoisotopic (exact) mass is 261 g/mol. The molecule has 0 bridgehead atoms. The van der Waals surface area contributed by atoms with Gasteiger partial charge in [0.2, 0.25) is 11.8 Å². The summed E-state index contributed by atoms with van der Waals surface area (Å²) in [5.41, 5.74) is 6.34. The van der Waals surface area contributed by atoms with Gasteiger partial charge in [0, 0.05) is 11.3 Å². The normalized spacial score (nSPS) is 12.1. The Balaban J connectivity index is 2.08. The molecule has 1 aromatic heterocycles. The van der Waals surface area contributed by atoms with Crippen molar-refractivity contribution in [3.05, 3.63) is 35.7 Å². The molecule has 100 valence electrons. The number of amides is 1.